The molecule has 5 rings (SSSR count). The van der Waals surface area contributed by atoms with E-state index in [0.717, 1.165) is 12.1 Å². The van der Waals surface area contributed by atoms with Gasteiger partial charge in [0.1, 0.15) is 11.6 Å². The molecule has 1 amide bonds. The van der Waals surface area contributed by atoms with Crippen LogP contribution in [0.3, 0.4) is 0 Å². The fourth-order valence-corrected chi connectivity index (χ4v) is 5.22. The number of aromatic nitrogens is 1. The summed E-state index contributed by atoms with van der Waals surface area (Å²) in [5, 5.41) is 2.80. The molecule has 176 valence electrons. The van der Waals surface area contributed by atoms with Gasteiger partial charge in [-0.3, -0.25) is 4.79 Å². The van der Waals surface area contributed by atoms with Crippen molar-refractivity contribution >= 4 is 27.4 Å². The predicted molar refractivity (Wildman–Crippen MR) is 122 cm³/mol. The first kappa shape index (κ1) is 22.1. The van der Waals surface area contributed by atoms with Gasteiger partial charge in [0, 0.05) is 31.7 Å². The highest BCUT2D eigenvalue weighted by atomic mass is 32.2. The number of ether oxygens (including phenoxy) is 2. The highest BCUT2D eigenvalue weighted by Crippen LogP contribution is 2.32. The van der Waals surface area contributed by atoms with E-state index < -0.39 is 15.8 Å². The van der Waals surface area contributed by atoms with Crippen LogP contribution in [-0.2, 0) is 10.0 Å². The lowest BCUT2D eigenvalue weighted by atomic mass is 10.2. The van der Waals surface area contributed by atoms with Gasteiger partial charge in [-0.25, -0.2) is 17.8 Å². The monoisotopic (exact) mass is 484 g/mol. The minimum Gasteiger partial charge on any atom is -0.454 e. The molecule has 9 nitrogen and oxygen atoms in total. The van der Waals surface area contributed by atoms with Crippen LogP contribution in [-0.4, -0.2) is 56.6 Å². The van der Waals surface area contributed by atoms with Crippen LogP contribution in [0.2, 0.25) is 0 Å². The maximum absolute atomic E-state index is 13.1. The normalized spacial score (nSPS) is 15.9. The summed E-state index contributed by atoms with van der Waals surface area (Å²) in [7, 11) is -3.68. The van der Waals surface area contributed by atoms with Gasteiger partial charge in [-0.15, -0.1) is 0 Å². The van der Waals surface area contributed by atoms with Crippen LogP contribution in [0.5, 0.6) is 11.5 Å². The third kappa shape index (κ3) is 4.39. The van der Waals surface area contributed by atoms with Crippen molar-refractivity contribution in [1.82, 2.24) is 9.29 Å². The molecule has 2 aliphatic rings. The molecule has 0 radical (unpaired) electrons. The number of carbonyl (C=O) groups is 1. The lowest BCUT2D eigenvalue weighted by Crippen LogP contribution is -2.48. The van der Waals surface area contributed by atoms with Gasteiger partial charge in [-0.2, -0.15) is 4.31 Å². The third-order valence-corrected chi connectivity index (χ3v) is 7.57. The Morgan fingerprint density at radius 3 is 2.38 bits per heavy atom. The van der Waals surface area contributed by atoms with Gasteiger partial charge < -0.3 is 19.7 Å². The van der Waals surface area contributed by atoms with E-state index >= 15 is 0 Å². The second-order valence-electron chi connectivity index (χ2n) is 7.77. The number of carbonyl (C=O) groups excluding carboxylic acids is 1. The number of benzene rings is 2. The molecule has 1 aromatic heterocycles. The highest BCUT2D eigenvalue weighted by Gasteiger charge is 2.29. The minimum absolute atomic E-state index is 0.0722. The van der Waals surface area contributed by atoms with Crippen molar-refractivity contribution in [2.45, 2.75) is 4.90 Å². The van der Waals surface area contributed by atoms with Crippen LogP contribution in [0.15, 0.2) is 65.7 Å². The van der Waals surface area contributed by atoms with E-state index in [-0.39, 0.29) is 30.7 Å². The Hall–Kier alpha value is -3.70. The number of rotatable bonds is 5. The fourth-order valence-electron chi connectivity index (χ4n) is 3.80. The molecule has 2 aromatic carbocycles. The van der Waals surface area contributed by atoms with Crippen molar-refractivity contribution in [2.75, 3.05) is 43.2 Å². The molecular weight excluding hydrogens is 463 g/mol. The first-order valence-corrected chi connectivity index (χ1v) is 12.0. The molecule has 1 N–H and O–H groups in total. The van der Waals surface area contributed by atoms with Crippen LogP contribution in [0.25, 0.3) is 0 Å². The van der Waals surface area contributed by atoms with Gasteiger partial charge in [0.15, 0.2) is 11.5 Å². The van der Waals surface area contributed by atoms with Crippen molar-refractivity contribution < 1.29 is 27.1 Å². The average molecular weight is 485 g/mol. The molecule has 3 heterocycles. The number of hydrogen-bond donors (Lipinski definition) is 1. The Morgan fingerprint density at radius 1 is 0.941 bits per heavy atom. The Kier molecular flexibility index (Phi) is 5.80. The quantitative estimate of drug-likeness (QED) is 0.594. The number of nitrogens with one attached hydrogen (secondary N) is 1. The zero-order valence-electron chi connectivity index (χ0n) is 18.0. The third-order valence-electron chi connectivity index (χ3n) is 5.65. The van der Waals surface area contributed by atoms with Crippen LogP contribution in [0.1, 0.15) is 10.4 Å². The molecule has 2 aliphatic heterocycles. The number of anilines is 2. The van der Waals surface area contributed by atoms with Crippen molar-refractivity contribution in [3.05, 3.63) is 72.2 Å². The van der Waals surface area contributed by atoms with Gasteiger partial charge in [0.25, 0.3) is 5.91 Å². The maximum Gasteiger partial charge on any atom is 0.255 e. The Bertz CT molecular complexity index is 1310. The molecule has 1 fully saturated rings. The number of fused-ring (bicyclic) bond motifs is 1. The lowest BCUT2D eigenvalue weighted by molar-refractivity contribution is 0.102. The molecule has 0 aliphatic carbocycles. The number of piperazine rings is 1. The zero-order chi connectivity index (χ0) is 23.7. The van der Waals surface area contributed by atoms with E-state index in [9.17, 15) is 17.6 Å². The summed E-state index contributed by atoms with van der Waals surface area (Å²) in [6, 6.07) is 13.3. The lowest BCUT2D eigenvalue weighted by Gasteiger charge is -2.34. The number of pyridine rings is 1. The fraction of sp³-hybridized carbons (Fsp3) is 0.217. The predicted octanol–water partition coefficient (Wildman–Crippen LogP) is 2.71. The number of amides is 1. The summed E-state index contributed by atoms with van der Waals surface area (Å²) < 4.78 is 50.6. The molecule has 0 bridgehead atoms. The van der Waals surface area contributed by atoms with Gasteiger partial charge in [-0.05, 0) is 54.6 Å². The Morgan fingerprint density at radius 2 is 1.68 bits per heavy atom. The van der Waals surface area contributed by atoms with E-state index in [1.807, 2.05) is 4.90 Å². The smallest absolute Gasteiger partial charge is 0.255 e. The summed E-state index contributed by atoms with van der Waals surface area (Å²) in [6.45, 7) is 1.61. The number of nitrogens with zero attached hydrogens (tertiary/aromatic N) is 3. The van der Waals surface area contributed by atoms with Gasteiger partial charge in [-0.1, -0.05) is 0 Å². The SMILES string of the molecule is O=C(Nc1ccc(N2CCN(S(=O)(=O)c3ccc(F)cc3)CC2)nc1)c1ccc2c(c1)OCO2. The van der Waals surface area contributed by atoms with Gasteiger partial charge >= 0.3 is 0 Å². The Balaban J connectivity index is 1.19. The number of hydrogen-bond acceptors (Lipinski definition) is 7. The summed E-state index contributed by atoms with van der Waals surface area (Å²) in [6.07, 6.45) is 1.56. The zero-order valence-corrected chi connectivity index (χ0v) is 18.8. The summed E-state index contributed by atoms with van der Waals surface area (Å²) in [5.74, 6) is 1.03. The molecule has 1 saturated heterocycles. The van der Waals surface area contributed by atoms with Gasteiger partial charge in [0.2, 0.25) is 16.8 Å². The molecule has 0 spiro atoms. The van der Waals surface area contributed by atoms with E-state index in [4.69, 9.17) is 9.47 Å². The van der Waals surface area contributed by atoms with E-state index in [1.165, 1.54) is 16.4 Å². The molecule has 34 heavy (non-hydrogen) atoms. The topological polar surface area (TPSA) is 101 Å². The minimum atomic E-state index is -3.68. The van der Waals surface area contributed by atoms with Crippen molar-refractivity contribution in [3.63, 3.8) is 0 Å². The number of halogens is 1. The second-order valence-corrected chi connectivity index (χ2v) is 9.71. The van der Waals surface area contributed by atoms with Crippen LogP contribution in [0.4, 0.5) is 15.9 Å². The standard InChI is InChI=1S/C23H21FN4O5S/c24-17-2-5-19(6-3-17)34(30,31)28-11-9-27(10-12-28)22-8-4-18(14-25-22)26-23(29)16-1-7-20-21(13-16)33-15-32-20/h1-8,13-14H,9-12,15H2,(H,26,29). The Labute approximate surface area is 195 Å². The molecular formula is C23H21FN4O5S. The first-order chi connectivity index (χ1) is 16.4. The molecule has 0 atom stereocenters. The second kappa shape index (κ2) is 8.92. The molecule has 0 saturated carbocycles. The first-order valence-electron chi connectivity index (χ1n) is 10.6. The van der Waals surface area contributed by atoms with Crippen molar-refractivity contribution in [3.8, 4) is 11.5 Å². The van der Waals surface area contributed by atoms with Crippen molar-refractivity contribution in [1.29, 1.82) is 0 Å². The number of sulfonamides is 1. The van der Waals surface area contributed by atoms with Crippen molar-refractivity contribution in [2.24, 2.45) is 0 Å². The van der Waals surface area contributed by atoms with Crippen LogP contribution < -0.4 is 19.7 Å². The average Bonchev–Trinajstić information content (AvgIpc) is 3.33. The van der Waals surface area contributed by atoms with E-state index in [2.05, 4.69) is 10.3 Å². The molecule has 0 unspecified atom stereocenters. The summed E-state index contributed by atoms with van der Waals surface area (Å²) in [5.41, 5.74) is 0.968. The van der Waals surface area contributed by atoms with E-state index in [0.29, 0.717) is 41.7 Å². The van der Waals surface area contributed by atoms with Crippen LogP contribution in [0, 0.1) is 5.82 Å². The maximum atomic E-state index is 13.1. The van der Waals surface area contributed by atoms with Gasteiger partial charge in [0.05, 0.1) is 16.8 Å². The largest absolute Gasteiger partial charge is 0.454 e. The molecule has 3 aromatic rings. The van der Waals surface area contributed by atoms with E-state index in [1.54, 1.807) is 36.5 Å². The summed E-state index contributed by atoms with van der Waals surface area (Å²) in [4.78, 5) is 19.0. The summed E-state index contributed by atoms with van der Waals surface area (Å²) >= 11 is 0. The highest BCUT2D eigenvalue weighted by molar-refractivity contribution is 7.89. The van der Waals surface area contributed by atoms with Crippen LogP contribution >= 0.6 is 0 Å². The molecule has 11 heteroatoms.